The molecule has 1 aliphatic heterocycles. The molecule has 0 saturated carbocycles. The van der Waals surface area contributed by atoms with Crippen molar-refractivity contribution >= 4 is 40.1 Å². The van der Waals surface area contributed by atoms with Crippen molar-refractivity contribution < 1.29 is 19.2 Å². The topological polar surface area (TPSA) is 108 Å². The van der Waals surface area contributed by atoms with Crippen molar-refractivity contribution in [2.24, 2.45) is 0 Å². The zero-order valence-corrected chi connectivity index (χ0v) is 17.3. The number of imide groups is 1. The fourth-order valence-electron chi connectivity index (χ4n) is 3.23. The molecular weight excluding hydrogens is 416 g/mol. The molecule has 156 valence electrons. The summed E-state index contributed by atoms with van der Waals surface area (Å²) in [4.78, 5) is 54.9. The average molecular weight is 434 g/mol. The van der Waals surface area contributed by atoms with E-state index in [2.05, 4.69) is 15.6 Å². The summed E-state index contributed by atoms with van der Waals surface area (Å²) in [7, 11) is 0. The highest BCUT2D eigenvalue weighted by Gasteiger charge is 2.40. The zero-order valence-electron chi connectivity index (χ0n) is 16.5. The highest BCUT2D eigenvalue weighted by atomic mass is 32.1. The lowest BCUT2D eigenvalue weighted by atomic mass is 10.1. The summed E-state index contributed by atoms with van der Waals surface area (Å²) in [5.41, 5.74) is 2.21. The molecule has 3 aromatic rings. The number of rotatable bonds is 6. The van der Waals surface area contributed by atoms with Crippen molar-refractivity contribution in [3.8, 4) is 11.3 Å². The van der Waals surface area contributed by atoms with Gasteiger partial charge in [-0.15, -0.1) is 11.3 Å². The lowest BCUT2D eigenvalue weighted by Gasteiger charge is -2.21. The van der Waals surface area contributed by atoms with E-state index in [9.17, 15) is 19.2 Å². The minimum absolute atomic E-state index is 0.267. The van der Waals surface area contributed by atoms with Crippen LogP contribution in [0.4, 0.5) is 5.13 Å². The second-order valence-electron chi connectivity index (χ2n) is 6.87. The van der Waals surface area contributed by atoms with Gasteiger partial charge in [0.05, 0.1) is 23.4 Å². The molecule has 2 N–H and O–H groups in total. The summed E-state index contributed by atoms with van der Waals surface area (Å²) in [5.74, 6) is -2.11. The fraction of sp³-hybridized carbons (Fsp3) is 0.136. The molecular formula is C22H18N4O4S. The third kappa shape index (κ3) is 4.08. The van der Waals surface area contributed by atoms with Crippen molar-refractivity contribution in [1.29, 1.82) is 0 Å². The fourth-order valence-corrected chi connectivity index (χ4v) is 3.96. The zero-order chi connectivity index (χ0) is 22.0. The van der Waals surface area contributed by atoms with E-state index in [-0.39, 0.29) is 17.7 Å². The molecule has 0 radical (unpaired) electrons. The van der Waals surface area contributed by atoms with E-state index in [1.807, 2.05) is 35.7 Å². The number of fused-ring (bicyclic) bond motifs is 1. The maximum atomic E-state index is 12.5. The van der Waals surface area contributed by atoms with Crippen LogP contribution >= 0.6 is 11.3 Å². The Hall–Kier alpha value is -3.85. The van der Waals surface area contributed by atoms with Crippen molar-refractivity contribution in [2.75, 3.05) is 11.9 Å². The van der Waals surface area contributed by atoms with Crippen LogP contribution < -0.4 is 10.6 Å². The number of benzene rings is 2. The third-order valence-corrected chi connectivity index (χ3v) is 5.59. The van der Waals surface area contributed by atoms with E-state index in [0.29, 0.717) is 5.13 Å². The Morgan fingerprint density at radius 2 is 1.61 bits per heavy atom. The first-order chi connectivity index (χ1) is 15.0. The average Bonchev–Trinajstić information content (AvgIpc) is 3.35. The third-order valence-electron chi connectivity index (χ3n) is 4.84. The number of carbonyl (C=O) groups excluding carboxylic acids is 4. The van der Waals surface area contributed by atoms with E-state index in [1.54, 1.807) is 24.3 Å². The molecule has 0 fully saturated rings. The van der Waals surface area contributed by atoms with Crippen molar-refractivity contribution in [3.05, 3.63) is 71.1 Å². The molecule has 0 aliphatic carbocycles. The van der Waals surface area contributed by atoms with E-state index < -0.39 is 29.7 Å². The maximum Gasteiger partial charge on any atom is 0.262 e. The van der Waals surface area contributed by atoms with Gasteiger partial charge < -0.3 is 10.6 Å². The molecule has 1 aromatic heterocycles. The van der Waals surface area contributed by atoms with E-state index in [1.165, 1.54) is 18.3 Å². The van der Waals surface area contributed by atoms with Crippen LogP contribution in [-0.4, -0.2) is 46.1 Å². The maximum absolute atomic E-state index is 12.5. The SMILES string of the molecule is C[C@H](C(=O)NCC(=O)Nc1nc(-c2ccccc2)cs1)N1C(=O)c2ccccc2C1=O. The summed E-state index contributed by atoms with van der Waals surface area (Å²) in [6.07, 6.45) is 0. The molecule has 1 aliphatic rings. The highest BCUT2D eigenvalue weighted by molar-refractivity contribution is 7.14. The first-order valence-electron chi connectivity index (χ1n) is 9.51. The van der Waals surface area contributed by atoms with Crippen molar-refractivity contribution in [3.63, 3.8) is 0 Å². The largest absolute Gasteiger partial charge is 0.345 e. The number of anilines is 1. The summed E-state index contributed by atoms with van der Waals surface area (Å²) in [6, 6.07) is 14.9. The number of carbonyl (C=O) groups is 4. The number of aromatic nitrogens is 1. The van der Waals surface area contributed by atoms with E-state index >= 15 is 0 Å². The Morgan fingerprint density at radius 3 is 2.26 bits per heavy atom. The van der Waals surface area contributed by atoms with Crippen LogP contribution in [0.3, 0.4) is 0 Å². The number of nitrogens with one attached hydrogen (secondary N) is 2. The van der Waals surface area contributed by atoms with Crippen molar-refractivity contribution in [2.45, 2.75) is 13.0 Å². The quantitative estimate of drug-likeness (QED) is 0.580. The first-order valence-corrected chi connectivity index (χ1v) is 10.4. The number of nitrogens with zero attached hydrogens (tertiary/aromatic N) is 2. The number of hydrogen-bond acceptors (Lipinski definition) is 6. The lowest BCUT2D eigenvalue weighted by molar-refractivity contribution is -0.126. The summed E-state index contributed by atoms with van der Waals surface area (Å²) >= 11 is 1.27. The minimum atomic E-state index is -1.05. The molecule has 8 nitrogen and oxygen atoms in total. The Morgan fingerprint density at radius 1 is 1.00 bits per heavy atom. The molecule has 1 atom stereocenters. The Labute approximate surface area is 181 Å². The standard InChI is InChI=1S/C22H18N4O4S/c1-13(26-20(29)15-9-5-6-10-16(15)21(26)30)19(28)23-11-18(27)25-22-24-17(12-31-22)14-7-3-2-4-8-14/h2-10,12-13H,11H2,1H3,(H,23,28)(H,24,25,27)/t13-/m1/s1. The summed E-state index contributed by atoms with van der Waals surface area (Å²) < 4.78 is 0. The summed E-state index contributed by atoms with van der Waals surface area (Å²) in [6.45, 7) is 1.13. The van der Waals surface area contributed by atoms with Gasteiger partial charge in [-0.2, -0.15) is 0 Å². The second kappa shape index (κ2) is 8.49. The van der Waals surface area contributed by atoms with Gasteiger partial charge in [0.15, 0.2) is 5.13 Å². The molecule has 2 aromatic carbocycles. The molecule has 4 rings (SSSR count). The van der Waals surface area contributed by atoms with E-state index in [4.69, 9.17) is 0 Å². The molecule has 31 heavy (non-hydrogen) atoms. The monoisotopic (exact) mass is 434 g/mol. The van der Waals surface area contributed by atoms with Gasteiger partial charge in [0.1, 0.15) is 6.04 Å². The van der Waals surface area contributed by atoms with Crippen LogP contribution in [0.2, 0.25) is 0 Å². The second-order valence-corrected chi connectivity index (χ2v) is 7.73. The smallest absolute Gasteiger partial charge is 0.262 e. The Kier molecular flexibility index (Phi) is 5.59. The molecule has 0 bridgehead atoms. The predicted molar refractivity (Wildman–Crippen MR) is 116 cm³/mol. The molecule has 4 amide bonds. The van der Waals surface area contributed by atoms with Gasteiger partial charge in [0, 0.05) is 10.9 Å². The Balaban J connectivity index is 1.33. The first kappa shape index (κ1) is 20.4. The van der Waals surface area contributed by atoms with Crippen molar-refractivity contribution in [1.82, 2.24) is 15.2 Å². The number of amides is 4. The van der Waals surface area contributed by atoms with Gasteiger partial charge >= 0.3 is 0 Å². The van der Waals surface area contributed by atoms with Crippen LogP contribution in [-0.2, 0) is 9.59 Å². The molecule has 0 saturated heterocycles. The van der Waals surface area contributed by atoms with Gasteiger partial charge in [0.2, 0.25) is 11.8 Å². The van der Waals surface area contributed by atoms with Gasteiger partial charge in [0.25, 0.3) is 11.8 Å². The number of hydrogen-bond donors (Lipinski definition) is 2. The van der Waals surface area contributed by atoms with Crippen LogP contribution in [0.5, 0.6) is 0 Å². The molecule has 0 spiro atoms. The number of thiazole rings is 1. The normalized spacial score (nSPS) is 13.6. The van der Waals surface area contributed by atoms with Crippen LogP contribution in [0.1, 0.15) is 27.6 Å². The van der Waals surface area contributed by atoms with Gasteiger partial charge in [-0.25, -0.2) is 4.98 Å². The lowest BCUT2D eigenvalue weighted by Crippen LogP contribution is -2.49. The van der Waals surface area contributed by atoms with Crippen LogP contribution in [0, 0.1) is 0 Å². The van der Waals surface area contributed by atoms with Gasteiger partial charge in [-0.05, 0) is 19.1 Å². The minimum Gasteiger partial charge on any atom is -0.345 e. The summed E-state index contributed by atoms with van der Waals surface area (Å²) in [5, 5.41) is 7.34. The Bertz CT molecular complexity index is 1140. The van der Waals surface area contributed by atoms with Gasteiger partial charge in [-0.3, -0.25) is 24.1 Å². The van der Waals surface area contributed by atoms with Crippen LogP contribution in [0.15, 0.2) is 60.0 Å². The highest BCUT2D eigenvalue weighted by Crippen LogP contribution is 2.25. The predicted octanol–water partition coefficient (Wildman–Crippen LogP) is 2.55. The molecule has 2 heterocycles. The van der Waals surface area contributed by atoms with E-state index in [0.717, 1.165) is 16.2 Å². The molecule has 0 unspecified atom stereocenters. The molecule has 9 heteroatoms. The van der Waals surface area contributed by atoms with Crippen LogP contribution in [0.25, 0.3) is 11.3 Å². The van der Waals surface area contributed by atoms with Gasteiger partial charge in [-0.1, -0.05) is 42.5 Å².